The molecule has 0 aliphatic rings. The Balaban J connectivity index is 2.18. The Morgan fingerprint density at radius 1 is 1.39 bits per heavy atom. The molecule has 0 fully saturated rings. The van der Waals surface area contributed by atoms with Crippen LogP contribution in [0.4, 0.5) is 5.69 Å². The van der Waals surface area contributed by atoms with Crippen LogP contribution in [-0.4, -0.2) is 24.2 Å². The van der Waals surface area contributed by atoms with E-state index in [0.29, 0.717) is 5.02 Å². The molecular weight excluding hydrogens is 248 g/mol. The van der Waals surface area contributed by atoms with Gasteiger partial charge in [0.15, 0.2) is 0 Å². The van der Waals surface area contributed by atoms with Crippen LogP contribution < -0.4 is 5.32 Å². The number of hydrogen-bond donors (Lipinski definition) is 1. The van der Waals surface area contributed by atoms with Crippen molar-refractivity contribution in [2.75, 3.05) is 18.5 Å². The van der Waals surface area contributed by atoms with Crippen LogP contribution in [0.15, 0.2) is 30.5 Å². The van der Waals surface area contributed by atoms with Gasteiger partial charge in [-0.15, -0.1) is 0 Å². The minimum absolute atomic E-state index is 0.186. The van der Waals surface area contributed by atoms with Crippen LogP contribution in [0.1, 0.15) is 13.8 Å². The summed E-state index contributed by atoms with van der Waals surface area (Å²) < 4.78 is 5.50. The molecular formula is C14H17ClN2O. The van der Waals surface area contributed by atoms with Crippen LogP contribution in [0.3, 0.4) is 0 Å². The molecule has 0 radical (unpaired) electrons. The van der Waals surface area contributed by atoms with Crippen molar-refractivity contribution in [2.45, 2.75) is 20.0 Å². The van der Waals surface area contributed by atoms with Gasteiger partial charge in [-0.05, 0) is 38.1 Å². The van der Waals surface area contributed by atoms with Crippen molar-refractivity contribution in [3.05, 3.63) is 35.5 Å². The fraction of sp³-hybridized carbons (Fsp3) is 0.357. The molecule has 2 aromatic rings. The molecule has 0 bridgehead atoms. The fourth-order valence-corrected chi connectivity index (χ4v) is 2.04. The Morgan fingerprint density at radius 2 is 2.22 bits per heavy atom. The predicted molar refractivity (Wildman–Crippen MR) is 76.3 cm³/mol. The van der Waals surface area contributed by atoms with E-state index in [1.54, 1.807) is 6.20 Å². The lowest BCUT2D eigenvalue weighted by Gasteiger charge is -2.14. The third kappa shape index (κ3) is 3.12. The second-order valence-electron chi connectivity index (χ2n) is 4.17. The van der Waals surface area contributed by atoms with Crippen molar-refractivity contribution in [3.63, 3.8) is 0 Å². The van der Waals surface area contributed by atoms with E-state index in [2.05, 4.69) is 17.2 Å². The lowest BCUT2D eigenvalue weighted by Crippen LogP contribution is -2.19. The molecule has 0 saturated carbocycles. The largest absolute Gasteiger partial charge is 0.382 e. The second-order valence-corrected chi connectivity index (χ2v) is 4.60. The third-order valence-electron chi connectivity index (χ3n) is 2.74. The summed E-state index contributed by atoms with van der Waals surface area (Å²) in [5, 5.41) is 5.16. The van der Waals surface area contributed by atoms with E-state index < -0.39 is 0 Å². The van der Waals surface area contributed by atoms with E-state index in [1.165, 1.54) is 0 Å². The Bertz CT molecular complexity index is 530. The molecule has 0 aliphatic carbocycles. The number of fused-ring (bicyclic) bond motifs is 1. The second kappa shape index (κ2) is 6.03. The molecule has 2 rings (SSSR count). The summed E-state index contributed by atoms with van der Waals surface area (Å²) in [6.45, 7) is 5.56. The predicted octanol–water partition coefficient (Wildman–Crippen LogP) is 3.73. The van der Waals surface area contributed by atoms with Gasteiger partial charge in [0.05, 0.1) is 11.6 Å². The highest BCUT2D eigenvalue weighted by molar-refractivity contribution is 6.31. The Kier molecular flexibility index (Phi) is 4.39. The first-order chi connectivity index (χ1) is 8.70. The summed E-state index contributed by atoms with van der Waals surface area (Å²) in [6, 6.07) is 7.70. The molecule has 0 spiro atoms. The molecule has 1 unspecified atom stereocenters. The minimum atomic E-state index is 0.186. The maximum atomic E-state index is 5.96. The van der Waals surface area contributed by atoms with Gasteiger partial charge in [0.25, 0.3) is 0 Å². The molecule has 96 valence electrons. The van der Waals surface area contributed by atoms with Gasteiger partial charge in [-0.25, -0.2) is 0 Å². The van der Waals surface area contributed by atoms with Gasteiger partial charge in [-0.2, -0.15) is 0 Å². The van der Waals surface area contributed by atoms with Crippen molar-refractivity contribution in [1.29, 1.82) is 0 Å². The number of nitrogens with one attached hydrogen (secondary N) is 1. The van der Waals surface area contributed by atoms with Crippen LogP contribution in [0.2, 0.25) is 5.02 Å². The van der Waals surface area contributed by atoms with E-state index in [-0.39, 0.29) is 6.10 Å². The van der Waals surface area contributed by atoms with E-state index in [1.807, 2.05) is 31.2 Å². The molecule has 1 aromatic heterocycles. The number of ether oxygens (including phenoxy) is 1. The molecule has 18 heavy (non-hydrogen) atoms. The van der Waals surface area contributed by atoms with E-state index in [4.69, 9.17) is 16.3 Å². The number of halogens is 1. The summed E-state index contributed by atoms with van der Waals surface area (Å²) in [5.41, 5.74) is 1.96. The monoisotopic (exact) mass is 264 g/mol. The summed E-state index contributed by atoms with van der Waals surface area (Å²) in [7, 11) is 0. The molecule has 1 heterocycles. The highest BCUT2D eigenvalue weighted by atomic mass is 35.5. The van der Waals surface area contributed by atoms with E-state index in [9.17, 15) is 0 Å². The van der Waals surface area contributed by atoms with Crippen LogP contribution in [0.5, 0.6) is 0 Å². The molecule has 0 aliphatic heterocycles. The SMILES string of the molecule is CCOC(C)CNc1ccnc2cc(Cl)ccc12. The highest BCUT2D eigenvalue weighted by Gasteiger charge is 2.04. The average Bonchev–Trinajstić information content (AvgIpc) is 2.36. The standard InChI is InChI=1S/C14H17ClN2O/c1-3-18-10(2)9-17-13-6-7-16-14-8-11(15)4-5-12(13)14/h4-8,10H,3,9H2,1-2H3,(H,16,17). The minimum Gasteiger partial charge on any atom is -0.382 e. The summed E-state index contributed by atoms with van der Waals surface area (Å²) in [5.74, 6) is 0. The number of benzene rings is 1. The lowest BCUT2D eigenvalue weighted by atomic mass is 10.2. The number of pyridine rings is 1. The third-order valence-corrected chi connectivity index (χ3v) is 2.97. The maximum Gasteiger partial charge on any atom is 0.0737 e. The zero-order valence-corrected chi connectivity index (χ0v) is 11.4. The molecule has 0 saturated heterocycles. The Hall–Kier alpha value is -1.32. The van der Waals surface area contributed by atoms with Crippen molar-refractivity contribution < 1.29 is 4.74 Å². The van der Waals surface area contributed by atoms with Crippen LogP contribution in [0.25, 0.3) is 10.9 Å². The fourth-order valence-electron chi connectivity index (χ4n) is 1.87. The van der Waals surface area contributed by atoms with Crippen molar-refractivity contribution in [3.8, 4) is 0 Å². The number of nitrogens with zero attached hydrogens (tertiary/aromatic N) is 1. The quantitative estimate of drug-likeness (QED) is 0.894. The molecule has 1 atom stereocenters. The zero-order chi connectivity index (χ0) is 13.0. The van der Waals surface area contributed by atoms with Crippen LogP contribution >= 0.6 is 11.6 Å². The van der Waals surface area contributed by atoms with Gasteiger partial charge in [-0.3, -0.25) is 4.98 Å². The summed E-state index contributed by atoms with van der Waals surface area (Å²) in [4.78, 5) is 4.31. The van der Waals surface area contributed by atoms with Crippen molar-refractivity contribution in [1.82, 2.24) is 4.98 Å². The first-order valence-electron chi connectivity index (χ1n) is 6.10. The summed E-state index contributed by atoms with van der Waals surface area (Å²) >= 11 is 5.96. The Labute approximate surface area is 112 Å². The zero-order valence-electron chi connectivity index (χ0n) is 10.6. The van der Waals surface area contributed by atoms with Gasteiger partial charge in [0, 0.05) is 35.4 Å². The maximum absolute atomic E-state index is 5.96. The molecule has 0 amide bonds. The van der Waals surface area contributed by atoms with Crippen LogP contribution in [0, 0.1) is 0 Å². The number of aromatic nitrogens is 1. The van der Waals surface area contributed by atoms with Crippen molar-refractivity contribution in [2.24, 2.45) is 0 Å². The lowest BCUT2D eigenvalue weighted by molar-refractivity contribution is 0.0855. The van der Waals surface area contributed by atoms with Gasteiger partial charge in [0.2, 0.25) is 0 Å². The summed E-state index contributed by atoms with van der Waals surface area (Å²) in [6.07, 6.45) is 1.97. The number of anilines is 1. The first kappa shape index (κ1) is 13.1. The number of hydrogen-bond acceptors (Lipinski definition) is 3. The normalized spacial score (nSPS) is 12.6. The van der Waals surface area contributed by atoms with Gasteiger partial charge in [-0.1, -0.05) is 11.6 Å². The van der Waals surface area contributed by atoms with Gasteiger partial charge < -0.3 is 10.1 Å². The van der Waals surface area contributed by atoms with Gasteiger partial charge >= 0.3 is 0 Å². The van der Waals surface area contributed by atoms with E-state index >= 15 is 0 Å². The molecule has 1 aromatic carbocycles. The highest BCUT2D eigenvalue weighted by Crippen LogP contribution is 2.24. The van der Waals surface area contributed by atoms with Crippen molar-refractivity contribution >= 4 is 28.2 Å². The average molecular weight is 265 g/mol. The topological polar surface area (TPSA) is 34.1 Å². The molecule has 1 N–H and O–H groups in total. The molecule has 3 nitrogen and oxygen atoms in total. The smallest absolute Gasteiger partial charge is 0.0737 e. The Morgan fingerprint density at radius 3 is 3.00 bits per heavy atom. The van der Waals surface area contributed by atoms with Crippen LogP contribution in [-0.2, 0) is 4.74 Å². The number of rotatable bonds is 5. The van der Waals surface area contributed by atoms with E-state index in [0.717, 1.165) is 29.7 Å². The molecule has 4 heteroatoms. The van der Waals surface area contributed by atoms with Gasteiger partial charge in [0.1, 0.15) is 0 Å². The first-order valence-corrected chi connectivity index (χ1v) is 6.48.